The third-order valence-corrected chi connectivity index (χ3v) is 3.30. The maximum absolute atomic E-state index is 5.73. The standard InChI is InChI=1S/C8H15ClO/c1-6(10-3)8(2)4-7(8)5-9/h6-7H,4-5H2,1-3H3. The van der Waals surface area contributed by atoms with E-state index in [1.807, 2.05) is 0 Å². The van der Waals surface area contributed by atoms with Crippen molar-refractivity contribution in [3.05, 3.63) is 0 Å². The molecule has 10 heavy (non-hydrogen) atoms. The number of hydrogen-bond acceptors (Lipinski definition) is 1. The van der Waals surface area contributed by atoms with Gasteiger partial charge in [0.05, 0.1) is 6.10 Å². The predicted octanol–water partition coefficient (Wildman–Crippen LogP) is 2.29. The highest BCUT2D eigenvalue weighted by molar-refractivity contribution is 6.18. The van der Waals surface area contributed by atoms with E-state index in [0.717, 1.165) is 5.88 Å². The van der Waals surface area contributed by atoms with Gasteiger partial charge in [0, 0.05) is 13.0 Å². The molecular weight excluding hydrogens is 148 g/mol. The van der Waals surface area contributed by atoms with E-state index in [1.165, 1.54) is 6.42 Å². The third-order valence-electron chi connectivity index (χ3n) is 2.93. The van der Waals surface area contributed by atoms with Crippen molar-refractivity contribution in [2.24, 2.45) is 11.3 Å². The first kappa shape index (κ1) is 8.35. The minimum atomic E-state index is 0.358. The van der Waals surface area contributed by atoms with Crippen LogP contribution < -0.4 is 0 Å². The molecule has 0 aromatic heterocycles. The Morgan fingerprint density at radius 1 is 1.80 bits per heavy atom. The fourth-order valence-corrected chi connectivity index (χ4v) is 1.93. The Morgan fingerprint density at radius 2 is 2.40 bits per heavy atom. The Labute approximate surface area is 67.7 Å². The van der Waals surface area contributed by atoms with E-state index in [0.29, 0.717) is 17.4 Å². The molecule has 0 aliphatic heterocycles. The summed E-state index contributed by atoms with van der Waals surface area (Å²) >= 11 is 5.73. The van der Waals surface area contributed by atoms with Gasteiger partial charge in [-0.3, -0.25) is 0 Å². The van der Waals surface area contributed by atoms with Crippen LogP contribution in [0.5, 0.6) is 0 Å². The van der Waals surface area contributed by atoms with Crippen LogP contribution in [0.1, 0.15) is 20.3 Å². The molecule has 0 heterocycles. The average Bonchev–Trinajstić information content (AvgIpc) is 2.61. The Kier molecular flexibility index (Phi) is 2.26. The molecule has 1 aliphatic carbocycles. The molecule has 0 N–H and O–H groups in total. The number of ether oxygens (including phenoxy) is 1. The van der Waals surface area contributed by atoms with Gasteiger partial charge in [0.15, 0.2) is 0 Å². The van der Waals surface area contributed by atoms with Gasteiger partial charge in [-0.1, -0.05) is 6.92 Å². The fraction of sp³-hybridized carbons (Fsp3) is 1.00. The van der Waals surface area contributed by atoms with Crippen LogP contribution in [0.3, 0.4) is 0 Å². The van der Waals surface area contributed by atoms with Crippen LogP contribution in [0, 0.1) is 11.3 Å². The highest BCUT2D eigenvalue weighted by Gasteiger charge is 2.53. The van der Waals surface area contributed by atoms with Crippen LogP contribution in [-0.2, 0) is 4.74 Å². The summed E-state index contributed by atoms with van der Waals surface area (Å²) in [5, 5.41) is 0. The summed E-state index contributed by atoms with van der Waals surface area (Å²) < 4.78 is 5.25. The van der Waals surface area contributed by atoms with E-state index >= 15 is 0 Å². The topological polar surface area (TPSA) is 9.23 Å². The zero-order valence-electron chi connectivity index (χ0n) is 6.86. The maximum atomic E-state index is 5.73. The summed E-state index contributed by atoms with van der Waals surface area (Å²) in [5.41, 5.74) is 0.372. The highest BCUT2D eigenvalue weighted by atomic mass is 35.5. The highest BCUT2D eigenvalue weighted by Crippen LogP contribution is 2.55. The smallest absolute Gasteiger partial charge is 0.0599 e. The molecule has 3 unspecified atom stereocenters. The third kappa shape index (κ3) is 1.17. The first-order valence-corrected chi connectivity index (χ1v) is 4.27. The Morgan fingerprint density at radius 3 is 2.70 bits per heavy atom. The lowest BCUT2D eigenvalue weighted by Gasteiger charge is -2.17. The summed E-state index contributed by atoms with van der Waals surface area (Å²) in [4.78, 5) is 0. The molecule has 2 heteroatoms. The van der Waals surface area contributed by atoms with Crippen molar-refractivity contribution in [1.29, 1.82) is 0 Å². The molecule has 0 bridgehead atoms. The normalized spacial score (nSPS) is 41.4. The van der Waals surface area contributed by atoms with E-state index in [4.69, 9.17) is 16.3 Å². The van der Waals surface area contributed by atoms with Crippen molar-refractivity contribution in [3.63, 3.8) is 0 Å². The van der Waals surface area contributed by atoms with Gasteiger partial charge in [0.2, 0.25) is 0 Å². The molecule has 1 saturated carbocycles. The van der Waals surface area contributed by atoms with Crippen molar-refractivity contribution in [3.8, 4) is 0 Å². The van der Waals surface area contributed by atoms with Crippen LogP contribution >= 0.6 is 11.6 Å². The number of rotatable bonds is 3. The SMILES string of the molecule is COC(C)C1(C)CC1CCl. The molecule has 0 spiro atoms. The molecule has 0 aromatic carbocycles. The van der Waals surface area contributed by atoms with Crippen molar-refractivity contribution >= 4 is 11.6 Å². The number of halogens is 1. The lowest BCUT2D eigenvalue weighted by atomic mass is 10.0. The van der Waals surface area contributed by atoms with Crippen molar-refractivity contribution in [2.75, 3.05) is 13.0 Å². The summed E-state index contributed by atoms with van der Waals surface area (Å²) in [5.74, 6) is 1.47. The number of methoxy groups -OCH3 is 1. The largest absolute Gasteiger partial charge is 0.381 e. The number of hydrogen-bond donors (Lipinski definition) is 0. The molecule has 3 atom stereocenters. The molecule has 0 amide bonds. The Hall–Kier alpha value is 0.250. The molecule has 0 saturated heterocycles. The van der Waals surface area contributed by atoms with E-state index < -0.39 is 0 Å². The summed E-state index contributed by atoms with van der Waals surface area (Å²) in [6, 6.07) is 0. The van der Waals surface area contributed by atoms with Crippen molar-refractivity contribution < 1.29 is 4.74 Å². The molecule has 0 aromatic rings. The fourth-order valence-electron chi connectivity index (χ4n) is 1.47. The zero-order chi connectivity index (χ0) is 7.78. The number of alkyl halides is 1. The second kappa shape index (κ2) is 2.71. The first-order valence-electron chi connectivity index (χ1n) is 3.74. The van der Waals surface area contributed by atoms with Crippen LogP contribution in [0.25, 0.3) is 0 Å². The van der Waals surface area contributed by atoms with Crippen molar-refractivity contribution in [2.45, 2.75) is 26.4 Å². The molecule has 1 nitrogen and oxygen atoms in total. The van der Waals surface area contributed by atoms with Gasteiger partial charge in [0.25, 0.3) is 0 Å². The van der Waals surface area contributed by atoms with E-state index in [9.17, 15) is 0 Å². The Bertz CT molecular complexity index is 126. The molecule has 1 fully saturated rings. The maximum Gasteiger partial charge on any atom is 0.0599 e. The van der Waals surface area contributed by atoms with Crippen LogP contribution in [0.15, 0.2) is 0 Å². The van der Waals surface area contributed by atoms with Gasteiger partial charge < -0.3 is 4.74 Å². The molecule has 1 rings (SSSR count). The average molecular weight is 163 g/mol. The van der Waals surface area contributed by atoms with Crippen LogP contribution in [-0.4, -0.2) is 19.1 Å². The summed E-state index contributed by atoms with van der Waals surface area (Å²) in [6.07, 6.45) is 1.59. The summed E-state index contributed by atoms with van der Waals surface area (Å²) in [7, 11) is 1.76. The van der Waals surface area contributed by atoms with E-state index in [2.05, 4.69) is 13.8 Å². The predicted molar refractivity (Wildman–Crippen MR) is 43.4 cm³/mol. The van der Waals surface area contributed by atoms with Gasteiger partial charge in [-0.15, -0.1) is 11.6 Å². The van der Waals surface area contributed by atoms with Crippen LogP contribution in [0.2, 0.25) is 0 Å². The lowest BCUT2D eigenvalue weighted by molar-refractivity contribution is 0.0567. The zero-order valence-corrected chi connectivity index (χ0v) is 7.61. The minimum absolute atomic E-state index is 0.358. The van der Waals surface area contributed by atoms with Crippen LogP contribution in [0.4, 0.5) is 0 Å². The Balaban J connectivity index is 2.42. The van der Waals surface area contributed by atoms with Gasteiger partial charge in [-0.05, 0) is 24.7 Å². The second-order valence-corrected chi connectivity index (χ2v) is 3.75. The van der Waals surface area contributed by atoms with Gasteiger partial charge in [-0.2, -0.15) is 0 Å². The van der Waals surface area contributed by atoms with Gasteiger partial charge in [0.1, 0.15) is 0 Å². The van der Waals surface area contributed by atoms with Gasteiger partial charge in [-0.25, -0.2) is 0 Å². The monoisotopic (exact) mass is 162 g/mol. The molecular formula is C8H15ClO. The molecule has 0 radical (unpaired) electrons. The first-order chi connectivity index (χ1) is 4.65. The van der Waals surface area contributed by atoms with Crippen molar-refractivity contribution in [1.82, 2.24) is 0 Å². The van der Waals surface area contributed by atoms with E-state index in [1.54, 1.807) is 7.11 Å². The van der Waals surface area contributed by atoms with E-state index in [-0.39, 0.29) is 0 Å². The minimum Gasteiger partial charge on any atom is -0.381 e. The lowest BCUT2D eigenvalue weighted by Crippen LogP contribution is -2.19. The molecule has 60 valence electrons. The second-order valence-electron chi connectivity index (χ2n) is 3.44. The quantitative estimate of drug-likeness (QED) is 0.579. The van der Waals surface area contributed by atoms with Gasteiger partial charge >= 0.3 is 0 Å². The molecule has 1 aliphatic rings. The summed E-state index contributed by atoms with van der Waals surface area (Å²) in [6.45, 7) is 4.36.